The van der Waals surface area contributed by atoms with Crippen molar-refractivity contribution in [3.63, 3.8) is 0 Å². The van der Waals surface area contributed by atoms with Crippen molar-refractivity contribution in [2.75, 3.05) is 13.1 Å². The van der Waals surface area contributed by atoms with E-state index in [0.717, 1.165) is 51.6 Å². The van der Waals surface area contributed by atoms with Gasteiger partial charge in [0, 0.05) is 37.5 Å². The molecule has 1 aliphatic carbocycles. The van der Waals surface area contributed by atoms with E-state index in [9.17, 15) is 9.59 Å². The maximum absolute atomic E-state index is 12.6. The Morgan fingerprint density at radius 2 is 1.90 bits per heavy atom. The first kappa shape index (κ1) is 13.9. The van der Waals surface area contributed by atoms with E-state index in [-0.39, 0.29) is 11.8 Å². The molecule has 3 N–H and O–H groups in total. The SMILES string of the molecule is NC1CCC(C(=O)N2CCC3NC(=O)CCC3C2)CC1. The zero-order valence-corrected chi connectivity index (χ0v) is 12.0. The number of nitrogens with zero attached hydrogens (tertiary/aromatic N) is 1. The van der Waals surface area contributed by atoms with Crippen LogP contribution in [-0.2, 0) is 9.59 Å². The summed E-state index contributed by atoms with van der Waals surface area (Å²) in [5.41, 5.74) is 5.91. The molecule has 2 amide bonds. The number of likely N-dealkylation sites (tertiary alicyclic amines) is 1. The van der Waals surface area contributed by atoms with Crippen LogP contribution in [0.15, 0.2) is 0 Å². The Morgan fingerprint density at radius 1 is 1.15 bits per heavy atom. The highest BCUT2D eigenvalue weighted by Crippen LogP contribution is 2.29. The topological polar surface area (TPSA) is 75.4 Å². The average molecular weight is 279 g/mol. The first-order chi connectivity index (χ1) is 9.63. The summed E-state index contributed by atoms with van der Waals surface area (Å²) < 4.78 is 0. The molecule has 0 spiro atoms. The van der Waals surface area contributed by atoms with Crippen molar-refractivity contribution in [3.05, 3.63) is 0 Å². The largest absolute Gasteiger partial charge is 0.353 e. The van der Waals surface area contributed by atoms with Crippen molar-refractivity contribution in [2.45, 2.75) is 57.0 Å². The molecular formula is C15H25N3O2. The van der Waals surface area contributed by atoms with Crippen molar-refractivity contribution >= 4 is 11.8 Å². The summed E-state index contributed by atoms with van der Waals surface area (Å²) in [6, 6.07) is 0.582. The number of nitrogens with one attached hydrogen (secondary N) is 1. The lowest BCUT2D eigenvalue weighted by molar-refractivity contribution is -0.139. The Balaban J connectivity index is 1.56. The highest BCUT2D eigenvalue weighted by atomic mass is 16.2. The zero-order chi connectivity index (χ0) is 14.1. The van der Waals surface area contributed by atoms with Gasteiger partial charge in [-0.2, -0.15) is 0 Å². The number of nitrogens with two attached hydrogens (primary N) is 1. The minimum Gasteiger partial charge on any atom is -0.353 e. The molecule has 2 heterocycles. The van der Waals surface area contributed by atoms with Crippen molar-refractivity contribution in [2.24, 2.45) is 17.6 Å². The van der Waals surface area contributed by atoms with Crippen LogP contribution in [0.5, 0.6) is 0 Å². The standard InChI is InChI=1S/C15H25N3O2/c16-12-4-1-10(2-5-12)15(20)18-8-7-13-11(9-18)3-6-14(19)17-13/h10-13H,1-9,16H2,(H,17,19). The first-order valence-corrected chi connectivity index (χ1v) is 7.97. The molecule has 0 aromatic carbocycles. The van der Waals surface area contributed by atoms with E-state index in [0.29, 0.717) is 30.3 Å². The Kier molecular flexibility index (Phi) is 3.96. The van der Waals surface area contributed by atoms with Gasteiger partial charge < -0.3 is 16.0 Å². The van der Waals surface area contributed by atoms with E-state index in [1.165, 1.54) is 0 Å². The normalized spacial score (nSPS) is 38.0. The van der Waals surface area contributed by atoms with Gasteiger partial charge >= 0.3 is 0 Å². The first-order valence-electron chi connectivity index (χ1n) is 7.97. The Bertz CT molecular complexity index is 391. The van der Waals surface area contributed by atoms with Crippen LogP contribution in [0.2, 0.25) is 0 Å². The predicted octanol–water partition coefficient (Wildman–Crippen LogP) is 0.631. The lowest BCUT2D eigenvalue weighted by Gasteiger charge is -2.42. The molecule has 0 bridgehead atoms. The molecule has 0 aromatic rings. The summed E-state index contributed by atoms with van der Waals surface area (Å²) in [4.78, 5) is 26.0. The molecule has 5 heteroatoms. The molecule has 112 valence electrons. The molecule has 2 atom stereocenters. The molecular weight excluding hydrogens is 254 g/mol. The van der Waals surface area contributed by atoms with Crippen LogP contribution in [0.3, 0.4) is 0 Å². The minimum atomic E-state index is 0.173. The number of fused-ring (bicyclic) bond motifs is 1. The van der Waals surface area contributed by atoms with Crippen LogP contribution in [0, 0.1) is 11.8 Å². The third kappa shape index (κ3) is 2.82. The van der Waals surface area contributed by atoms with E-state index in [1.807, 2.05) is 4.90 Å². The summed E-state index contributed by atoms with van der Waals surface area (Å²) in [6.45, 7) is 1.62. The third-order valence-corrected chi connectivity index (χ3v) is 5.26. The molecule has 0 aromatic heterocycles. The van der Waals surface area contributed by atoms with Crippen molar-refractivity contribution in [1.82, 2.24) is 10.2 Å². The van der Waals surface area contributed by atoms with Crippen molar-refractivity contribution in [1.29, 1.82) is 0 Å². The van der Waals surface area contributed by atoms with Gasteiger partial charge in [0.05, 0.1) is 0 Å². The lowest BCUT2D eigenvalue weighted by Crippen LogP contribution is -2.56. The van der Waals surface area contributed by atoms with Gasteiger partial charge in [-0.05, 0) is 44.4 Å². The number of carbonyl (C=O) groups is 2. The lowest BCUT2D eigenvalue weighted by atomic mass is 9.82. The minimum absolute atomic E-state index is 0.173. The molecule has 2 aliphatic heterocycles. The fourth-order valence-electron chi connectivity index (χ4n) is 3.93. The van der Waals surface area contributed by atoms with Crippen LogP contribution in [0.25, 0.3) is 0 Å². The Hall–Kier alpha value is -1.10. The highest BCUT2D eigenvalue weighted by Gasteiger charge is 2.37. The molecule has 1 saturated carbocycles. The fourth-order valence-corrected chi connectivity index (χ4v) is 3.93. The van der Waals surface area contributed by atoms with Gasteiger partial charge in [0.15, 0.2) is 0 Å². The smallest absolute Gasteiger partial charge is 0.225 e. The third-order valence-electron chi connectivity index (χ3n) is 5.26. The maximum Gasteiger partial charge on any atom is 0.225 e. The molecule has 0 radical (unpaired) electrons. The molecule has 5 nitrogen and oxygen atoms in total. The summed E-state index contributed by atoms with van der Waals surface area (Å²) in [5.74, 6) is 1.14. The Labute approximate surface area is 120 Å². The summed E-state index contributed by atoms with van der Waals surface area (Å²) in [6.07, 6.45) is 6.30. The fraction of sp³-hybridized carbons (Fsp3) is 0.867. The van der Waals surface area contributed by atoms with Gasteiger partial charge in [-0.25, -0.2) is 0 Å². The highest BCUT2D eigenvalue weighted by molar-refractivity contribution is 5.80. The monoisotopic (exact) mass is 279 g/mol. The van der Waals surface area contributed by atoms with Gasteiger partial charge in [-0.3, -0.25) is 9.59 Å². The van der Waals surface area contributed by atoms with E-state index >= 15 is 0 Å². The molecule has 3 rings (SSSR count). The Morgan fingerprint density at radius 3 is 2.65 bits per heavy atom. The van der Waals surface area contributed by atoms with Gasteiger partial charge in [0.25, 0.3) is 0 Å². The number of rotatable bonds is 1. The summed E-state index contributed by atoms with van der Waals surface area (Å²) in [7, 11) is 0. The van der Waals surface area contributed by atoms with Gasteiger partial charge in [0.2, 0.25) is 11.8 Å². The quantitative estimate of drug-likeness (QED) is 0.739. The molecule has 2 unspecified atom stereocenters. The molecule has 20 heavy (non-hydrogen) atoms. The maximum atomic E-state index is 12.6. The molecule has 3 aliphatic rings. The number of hydrogen-bond donors (Lipinski definition) is 2. The van der Waals surface area contributed by atoms with Gasteiger partial charge in [-0.15, -0.1) is 0 Å². The second-order valence-corrected chi connectivity index (χ2v) is 6.66. The number of hydrogen-bond acceptors (Lipinski definition) is 3. The second-order valence-electron chi connectivity index (χ2n) is 6.66. The zero-order valence-electron chi connectivity index (χ0n) is 12.0. The second kappa shape index (κ2) is 5.72. The number of piperidine rings is 2. The number of amides is 2. The number of carbonyl (C=O) groups excluding carboxylic acids is 2. The summed E-state index contributed by atoms with van der Waals surface area (Å²) in [5, 5.41) is 3.07. The van der Waals surface area contributed by atoms with E-state index in [1.54, 1.807) is 0 Å². The van der Waals surface area contributed by atoms with Crippen LogP contribution in [0.4, 0.5) is 0 Å². The van der Waals surface area contributed by atoms with Crippen molar-refractivity contribution < 1.29 is 9.59 Å². The van der Waals surface area contributed by atoms with Crippen LogP contribution >= 0.6 is 0 Å². The summed E-state index contributed by atoms with van der Waals surface area (Å²) >= 11 is 0. The average Bonchev–Trinajstić information content (AvgIpc) is 2.47. The van der Waals surface area contributed by atoms with Crippen molar-refractivity contribution in [3.8, 4) is 0 Å². The van der Waals surface area contributed by atoms with Gasteiger partial charge in [-0.1, -0.05) is 0 Å². The van der Waals surface area contributed by atoms with Crippen LogP contribution in [0.1, 0.15) is 44.9 Å². The van der Waals surface area contributed by atoms with E-state index < -0.39 is 0 Å². The predicted molar refractivity (Wildman–Crippen MR) is 75.8 cm³/mol. The van der Waals surface area contributed by atoms with Crippen LogP contribution in [-0.4, -0.2) is 41.9 Å². The van der Waals surface area contributed by atoms with E-state index in [4.69, 9.17) is 5.73 Å². The molecule has 3 fully saturated rings. The molecule has 2 saturated heterocycles. The van der Waals surface area contributed by atoms with Crippen LogP contribution < -0.4 is 11.1 Å². The van der Waals surface area contributed by atoms with Gasteiger partial charge in [0.1, 0.15) is 0 Å². The van der Waals surface area contributed by atoms with E-state index in [2.05, 4.69) is 5.32 Å².